The molecule has 0 radical (unpaired) electrons. The summed E-state index contributed by atoms with van der Waals surface area (Å²) in [6.45, 7) is 4.40. The molecule has 0 amide bonds. The Hall–Kier alpha value is -1.22. The van der Waals surface area contributed by atoms with Crippen LogP contribution in [0.25, 0.3) is 0 Å². The lowest BCUT2D eigenvalue weighted by Crippen LogP contribution is -2.08. The predicted octanol–water partition coefficient (Wildman–Crippen LogP) is 4.34. The molecule has 0 aliphatic rings. The lowest BCUT2D eigenvalue weighted by Gasteiger charge is -2.21. The van der Waals surface area contributed by atoms with Gasteiger partial charge in [-0.25, -0.2) is 0 Å². The second kappa shape index (κ2) is 8.85. The minimum Gasteiger partial charge on any atom is -0.497 e. The Morgan fingerprint density at radius 1 is 1.15 bits per heavy atom. The fourth-order valence-corrected chi connectivity index (χ4v) is 2.52. The summed E-state index contributed by atoms with van der Waals surface area (Å²) in [5.41, 5.74) is 0.850. The molecule has 0 aliphatic heterocycles. The first-order valence-corrected chi connectivity index (χ1v) is 7.56. The van der Waals surface area contributed by atoms with E-state index in [0.29, 0.717) is 11.7 Å². The number of hydrogen-bond donors (Lipinski definition) is 1. The van der Waals surface area contributed by atoms with E-state index in [0.717, 1.165) is 24.2 Å². The van der Waals surface area contributed by atoms with Gasteiger partial charge >= 0.3 is 0 Å². The van der Waals surface area contributed by atoms with Gasteiger partial charge in [0, 0.05) is 11.6 Å². The molecule has 1 aromatic carbocycles. The van der Waals surface area contributed by atoms with Gasteiger partial charge in [0.1, 0.15) is 11.5 Å². The van der Waals surface area contributed by atoms with Gasteiger partial charge in [-0.15, -0.1) is 0 Å². The van der Waals surface area contributed by atoms with E-state index in [1.54, 1.807) is 14.2 Å². The lowest BCUT2D eigenvalue weighted by atomic mass is 9.90. The Labute approximate surface area is 122 Å². The first-order chi connectivity index (χ1) is 9.65. The second-order valence-electron chi connectivity index (χ2n) is 5.28. The highest BCUT2D eigenvalue weighted by molar-refractivity contribution is 5.41. The SMILES string of the molecule is CCCCC(CC)CC(O)c1ccc(OC)cc1OC. The Balaban J connectivity index is 2.77. The van der Waals surface area contributed by atoms with Crippen LogP contribution in [0.4, 0.5) is 0 Å². The third kappa shape index (κ3) is 4.71. The monoisotopic (exact) mass is 280 g/mol. The molecule has 20 heavy (non-hydrogen) atoms. The molecule has 0 spiro atoms. The number of hydrogen-bond acceptors (Lipinski definition) is 3. The van der Waals surface area contributed by atoms with Crippen molar-refractivity contribution >= 4 is 0 Å². The van der Waals surface area contributed by atoms with Crippen molar-refractivity contribution < 1.29 is 14.6 Å². The molecule has 0 saturated heterocycles. The average Bonchev–Trinajstić information content (AvgIpc) is 2.50. The molecular weight excluding hydrogens is 252 g/mol. The zero-order chi connectivity index (χ0) is 15.0. The van der Waals surface area contributed by atoms with Crippen LogP contribution >= 0.6 is 0 Å². The molecule has 0 fully saturated rings. The third-order valence-electron chi connectivity index (χ3n) is 3.90. The van der Waals surface area contributed by atoms with E-state index in [9.17, 15) is 5.11 Å². The minimum atomic E-state index is -0.474. The molecule has 2 atom stereocenters. The van der Waals surface area contributed by atoms with Gasteiger partial charge < -0.3 is 14.6 Å². The maximum Gasteiger partial charge on any atom is 0.128 e. The van der Waals surface area contributed by atoms with Crippen LogP contribution in [-0.2, 0) is 0 Å². The highest BCUT2D eigenvalue weighted by atomic mass is 16.5. The highest BCUT2D eigenvalue weighted by Gasteiger charge is 2.18. The Kier molecular flexibility index (Phi) is 7.45. The number of rotatable bonds is 9. The van der Waals surface area contributed by atoms with Crippen LogP contribution in [0.1, 0.15) is 57.6 Å². The van der Waals surface area contributed by atoms with Crippen molar-refractivity contribution in [3.05, 3.63) is 23.8 Å². The Bertz CT molecular complexity index is 390. The molecule has 0 aliphatic carbocycles. The fraction of sp³-hybridized carbons (Fsp3) is 0.647. The molecule has 0 heterocycles. The Morgan fingerprint density at radius 2 is 1.90 bits per heavy atom. The summed E-state index contributed by atoms with van der Waals surface area (Å²) in [5.74, 6) is 2.01. The van der Waals surface area contributed by atoms with Crippen molar-refractivity contribution in [2.45, 2.75) is 52.1 Å². The van der Waals surface area contributed by atoms with Gasteiger partial charge in [0.2, 0.25) is 0 Å². The van der Waals surface area contributed by atoms with Gasteiger partial charge in [-0.1, -0.05) is 39.5 Å². The van der Waals surface area contributed by atoms with Crippen molar-refractivity contribution in [1.82, 2.24) is 0 Å². The van der Waals surface area contributed by atoms with Crippen molar-refractivity contribution in [3.63, 3.8) is 0 Å². The first-order valence-electron chi connectivity index (χ1n) is 7.56. The smallest absolute Gasteiger partial charge is 0.128 e. The van der Waals surface area contributed by atoms with Crippen LogP contribution < -0.4 is 9.47 Å². The van der Waals surface area contributed by atoms with Crippen LogP contribution in [-0.4, -0.2) is 19.3 Å². The van der Waals surface area contributed by atoms with Gasteiger partial charge in [0.05, 0.1) is 20.3 Å². The quantitative estimate of drug-likeness (QED) is 0.731. The van der Waals surface area contributed by atoms with Gasteiger partial charge in [-0.2, -0.15) is 0 Å². The zero-order valence-electron chi connectivity index (χ0n) is 13.2. The fourth-order valence-electron chi connectivity index (χ4n) is 2.52. The largest absolute Gasteiger partial charge is 0.497 e. The standard InChI is InChI=1S/C17H28O3/c1-5-7-8-13(6-2)11-16(18)15-10-9-14(19-3)12-17(15)20-4/h9-10,12-13,16,18H,5-8,11H2,1-4H3. The van der Waals surface area contributed by atoms with Gasteiger partial charge in [0.15, 0.2) is 0 Å². The molecular formula is C17H28O3. The van der Waals surface area contributed by atoms with Crippen molar-refractivity contribution in [3.8, 4) is 11.5 Å². The molecule has 114 valence electrons. The molecule has 0 bridgehead atoms. The van der Waals surface area contributed by atoms with Crippen molar-refractivity contribution in [1.29, 1.82) is 0 Å². The summed E-state index contributed by atoms with van der Waals surface area (Å²) in [6, 6.07) is 5.59. The zero-order valence-corrected chi connectivity index (χ0v) is 13.2. The van der Waals surface area contributed by atoms with E-state index in [1.807, 2.05) is 18.2 Å². The summed E-state index contributed by atoms with van der Waals surface area (Å²) in [5, 5.41) is 10.5. The number of aliphatic hydroxyl groups is 1. The number of benzene rings is 1. The number of methoxy groups -OCH3 is 2. The normalized spacial score (nSPS) is 13.8. The molecule has 3 heteroatoms. The van der Waals surface area contributed by atoms with Gasteiger partial charge in [0.25, 0.3) is 0 Å². The lowest BCUT2D eigenvalue weighted by molar-refractivity contribution is 0.135. The van der Waals surface area contributed by atoms with Crippen LogP contribution in [0.5, 0.6) is 11.5 Å². The first kappa shape index (κ1) is 16.8. The third-order valence-corrected chi connectivity index (χ3v) is 3.90. The summed E-state index contributed by atoms with van der Waals surface area (Å²) < 4.78 is 10.6. The summed E-state index contributed by atoms with van der Waals surface area (Å²) in [4.78, 5) is 0. The number of unbranched alkanes of at least 4 members (excludes halogenated alkanes) is 1. The van der Waals surface area contributed by atoms with E-state index in [2.05, 4.69) is 13.8 Å². The summed E-state index contributed by atoms with van der Waals surface area (Å²) in [7, 11) is 3.25. The second-order valence-corrected chi connectivity index (χ2v) is 5.28. The van der Waals surface area contributed by atoms with E-state index in [1.165, 1.54) is 19.3 Å². The van der Waals surface area contributed by atoms with E-state index < -0.39 is 6.10 Å². The van der Waals surface area contributed by atoms with Crippen LogP contribution in [0.2, 0.25) is 0 Å². The Morgan fingerprint density at radius 3 is 2.45 bits per heavy atom. The van der Waals surface area contributed by atoms with Crippen LogP contribution in [0, 0.1) is 5.92 Å². The molecule has 2 unspecified atom stereocenters. The molecule has 3 nitrogen and oxygen atoms in total. The molecule has 1 N–H and O–H groups in total. The van der Waals surface area contributed by atoms with E-state index >= 15 is 0 Å². The van der Waals surface area contributed by atoms with E-state index in [-0.39, 0.29) is 0 Å². The van der Waals surface area contributed by atoms with Crippen molar-refractivity contribution in [2.75, 3.05) is 14.2 Å². The average molecular weight is 280 g/mol. The minimum absolute atomic E-state index is 0.474. The maximum atomic E-state index is 10.5. The summed E-state index contributed by atoms with van der Waals surface area (Å²) >= 11 is 0. The van der Waals surface area contributed by atoms with Gasteiger partial charge in [-0.3, -0.25) is 0 Å². The van der Waals surface area contributed by atoms with Crippen LogP contribution in [0.15, 0.2) is 18.2 Å². The number of ether oxygens (including phenoxy) is 2. The maximum absolute atomic E-state index is 10.5. The predicted molar refractivity (Wildman–Crippen MR) is 82.4 cm³/mol. The van der Waals surface area contributed by atoms with Crippen LogP contribution in [0.3, 0.4) is 0 Å². The molecule has 1 rings (SSSR count). The number of aliphatic hydroxyl groups excluding tert-OH is 1. The molecule has 0 saturated carbocycles. The topological polar surface area (TPSA) is 38.7 Å². The van der Waals surface area contributed by atoms with E-state index in [4.69, 9.17) is 9.47 Å². The van der Waals surface area contributed by atoms with Gasteiger partial charge in [-0.05, 0) is 24.5 Å². The summed E-state index contributed by atoms with van der Waals surface area (Å²) in [6.07, 6.45) is 5.04. The molecule has 1 aromatic rings. The molecule has 0 aromatic heterocycles. The highest BCUT2D eigenvalue weighted by Crippen LogP contribution is 2.34. The van der Waals surface area contributed by atoms with Crippen molar-refractivity contribution in [2.24, 2.45) is 5.92 Å².